The molecule has 0 unspecified atom stereocenters. The maximum absolute atomic E-state index is 10.5. The molecule has 0 saturated carbocycles. The van der Waals surface area contributed by atoms with Crippen LogP contribution in [0.1, 0.15) is 22.5 Å². The third-order valence-electron chi connectivity index (χ3n) is 1.54. The van der Waals surface area contributed by atoms with Gasteiger partial charge >= 0.3 is 6.09 Å². The SMILES string of the molecule is [2H]C([2H])[C@@H]1CCCN1C(=O)O. The molecule has 52 valence electrons. The predicted molar refractivity (Wildman–Crippen MR) is 33.4 cm³/mol. The summed E-state index contributed by atoms with van der Waals surface area (Å²) in [5.41, 5.74) is 0. The Morgan fingerprint density at radius 1 is 2.00 bits per heavy atom. The molecule has 1 saturated heterocycles. The molecule has 1 atom stereocenters. The number of hydrogen-bond donors (Lipinski definition) is 1. The Labute approximate surface area is 57.1 Å². The zero-order valence-corrected chi connectivity index (χ0v) is 5.08. The van der Waals surface area contributed by atoms with Gasteiger partial charge in [0.25, 0.3) is 0 Å². The summed E-state index contributed by atoms with van der Waals surface area (Å²) in [7, 11) is 0. The lowest BCUT2D eigenvalue weighted by atomic mass is 10.2. The van der Waals surface area contributed by atoms with Gasteiger partial charge in [0.15, 0.2) is 0 Å². The number of carbonyl (C=O) groups is 1. The van der Waals surface area contributed by atoms with Crippen molar-refractivity contribution in [1.29, 1.82) is 0 Å². The van der Waals surface area contributed by atoms with Gasteiger partial charge in [-0.15, -0.1) is 0 Å². The van der Waals surface area contributed by atoms with Crippen LogP contribution in [0.5, 0.6) is 0 Å². The Balaban J connectivity index is 2.58. The summed E-state index contributed by atoms with van der Waals surface area (Å²) in [5.74, 6) is 0. The fourth-order valence-corrected chi connectivity index (χ4v) is 1.03. The maximum Gasteiger partial charge on any atom is 0.407 e. The molecule has 0 spiro atoms. The molecule has 3 nitrogen and oxygen atoms in total. The van der Waals surface area contributed by atoms with Crippen molar-refractivity contribution in [3.8, 4) is 0 Å². The molecule has 0 aromatic heterocycles. The average Bonchev–Trinajstić information content (AvgIpc) is 2.32. The van der Waals surface area contributed by atoms with Crippen molar-refractivity contribution in [2.75, 3.05) is 6.54 Å². The third kappa shape index (κ3) is 1.15. The minimum absolute atomic E-state index is 0.410. The number of nitrogens with zero attached hydrogens (tertiary/aromatic N) is 1. The van der Waals surface area contributed by atoms with E-state index in [1.54, 1.807) is 0 Å². The highest BCUT2D eigenvalue weighted by Gasteiger charge is 2.23. The number of rotatable bonds is 0. The average molecular weight is 131 g/mol. The van der Waals surface area contributed by atoms with Gasteiger partial charge in [-0.05, 0) is 19.7 Å². The fourth-order valence-electron chi connectivity index (χ4n) is 1.03. The fraction of sp³-hybridized carbons (Fsp3) is 0.833. The third-order valence-corrected chi connectivity index (χ3v) is 1.54. The molecule has 1 fully saturated rings. The lowest BCUT2D eigenvalue weighted by molar-refractivity contribution is 0.143. The first-order valence-electron chi connectivity index (χ1n) is 4.12. The highest BCUT2D eigenvalue weighted by atomic mass is 16.4. The van der Waals surface area contributed by atoms with E-state index < -0.39 is 19.0 Å². The Bertz CT molecular complexity index is 163. The van der Waals surface area contributed by atoms with Gasteiger partial charge in [0.05, 0.1) is 0 Å². The number of likely N-dealkylation sites (tertiary alicyclic amines) is 1. The minimum Gasteiger partial charge on any atom is -0.465 e. The van der Waals surface area contributed by atoms with E-state index in [9.17, 15) is 4.79 Å². The van der Waals surface area contributed by atoms with Gasteiger partial charge in [0.2, 0.25) is 0 Å². The van der Waals surface area contributed by atoms with Crippen LogP contribution < -0.4 is 0 Å². The van der Waals surface area contributed by atoms with Gasteiger partial charge in [-0.1, -0.05) is 0 Å². The van der Waals surface area contributed by atoms with Crippen LogP contribution >= 0.6 is 0 Å². The summed E-state index contributed by atoms with van der Waals surface area (Å²) in [4.78, 5) is 11.7. The molecule has 1 heterocycles. The molecule has 0 aromatic rings. The van der Waals surface area contributed by atoms with Crippen LogP contribution in [0.2, 0.25) is 0 Å². The van der Waals surface area contributed by atoms with E-state index in [2.05, 4.69) is 0 Å². The van der Waals surface area contributed by atoms with E-state index in [4.69, 9.17) is 7.85 Å². The molecule has 9 heavy (non-hydrogen) atoms. The van der Waals surface area contributed by atoms with Crippen molar-refractivity contribution in [3.63, 3.8) is 0 Å². The van der Waals surface area contributed by atoms with Crippen LogP contribution in [-0.2, 0) is 0 Å². The summed E-state index contributed by atoms with van der Waals surface area (Å²) >= 11 is 0. The van der Waals surface area contributed by atoms with Gasteiger partial charge in [-0.3, -0.25) is 0 Å². The summed E-state index contributed by atoms with van der Waals surface area (Å²) in [6.45, 7) is -0.567. The minimum atomic E-state index is -1.05. The van der Waals surface area contributed by atoms with Crippen molar-refractivity contribution in [2.24, 2.45) is 0 Å². The number of hydrogen-bond acceptors (Lipinski definition) is 1. The molecule has 1 amide bonds. The van der Waals surface area contributed by atoms with Crippen LogP contribution in [-0.4, -0.2) is 28.7 Å². The van der Waals surface area contributed by atoms with Crippen molar-refractivity contribution >= 4 is 6.09 Å². The molecule has 1 N–H and O–H groups in total. The van der Waals surface area contributed by atoms with Gasteiger partial charge in [-0.25, -0.2) is 4.79 Å². The lowest BCUT2D eigenvalue weighted by Crippen LogP contribution is -2.31. The molecule has 3 heteroatoms. The summed E-state index contributed by atoms with van der Waals surface area (Å²) in [6, 6.07) is -0.410. The quantitative estimate of drug-likeness (QED) is 0.535. The van der Waals surface area contributed by atoms with Crippen LogP contribution in [0.3, 0.4) is 0 Å². The van der Waals surface area contributed by atoms with Crippen molar-refractivity contribution in [2.45, 2.75) is 25.8 Å². The zero-order valence-electron chi connectivity index (χ0n) is 7.08. The number of amides is 1. The van der Waals surface area contributed by atoms with Crippen molar-refractivity contribution in [3.05, 3.63) is 0 Å². The normalized spacial score (nSPS) is 30.3. The van der Waals surface area contributed by atoms with Crippen LogP contribution in [0, 0.1) is 0 Å². The molecule has 0 radical (unpaired) electrons. The molecule has 1 rings (SSSR count). The highest BCUT2D eigenvalue weighted by Crippen LogP contribution is 2.15. The molecular formula is C6H11NO2. The summed E-state index contributed by atoms with van der Waals surface area (Å²) in [5, 5.41) is 8.59. The maximum atomic E-state index is 10.5. The van der Waals surface area contributed by atoms with E-state index in [1.807, 2.05) is 0 Å². The van der Waals surface area contributed by atoms with E-state index in [-0.39, 0.29) is 0 Å². The van der Waals surface area contributed by atoms with E-state index in [0.717, 1.165) is 6.42 Å². The van der Waals surface area contributed by atoms with Gasteiger partial charge < -0.3 is 10.0 Å². The second-order valence-corrected chi connectivity index (χ2v) is 2.19. The van der Waals surface area contributed by atoms with Crippen LogP contribution in [0.25, 0.3) is 0 Å². The molecule has 0 bridgehead atoms. The van der Waals surface area contributed by atoms with Crippen molar-refractivity contribution < 1.29 is 12.6 Å². The first kappa shape index (κ1) is 4.14. The first-order valence-corrected chi connectivity index (χ1v) is 2.97. The van der Waals surface area contributed by atoms with Crippen LogP contribution in [0.4, 0.5) is 4.79 Å². The first-order chi connectivity index (χ1) is 5.13. The van der Waals surface area contributed by atoms with E-state index in [1.165, 1.54) is 4.90 Å². The largest absolute Gasteiger partial charge is 0.465 e. The number of carboxylic acid groups (broad SMARTS) is 1. The molecule has 0 aliphatic carbocycles. The molecule has 1 aliphatic rings. The topological polar surface area (TPSA) is 40.5 Å². The van der Waals surface area contributed by atoms with Gasteiger partial charge in [-0.2, -0.15) is 0 Å². The van der Waals surface area contributed by atoms with E-state index >= 15 is 0 Å². The predicted octanol–water partition coefficient (Wildman–Crippen LogP) is 1.15. The summed E-state index contributed by atoms with van der Waals surface area (Å²) in [6.07, 6.45) is 0.437. The molecule has 1 aliphatic heterocycles. The smallest absolute Gasteiger partial charge is 0.407 e. The zero-order chi connectivity index (χ0) is 8.43. The Morgan fingerprint density at radius 3 is 3.22 bits per heavy atom. The van der Waals surface area contributed by atoms with E-state index in [0.29, 0.717) is 13.0 Å². The highest BCUT2D eigenvalue weighted by molar-refractivity contribution is 5.65. The monoisotopic (exact) mass is 131 g/mol. The summed E-state index contributed by atoms with van der Waals surface area (Å²) < 4.78 is 14.1. The second kappa shape index (κ2) is 2.25. The lowest BCUT2D eigenvalue weighted by Gasteiger charge is -2.16. The van der Waals surface area contributed by atoms with Gasteiger partial charge in [0, 0.05) is 15.3 Å². The molecular weight excluding hydrogens is 118 g/mol. The standard InChI is InChI=1S/C6H11NO2/c1-5-3-2-4-7(5)6(8)9/h5H,2-4H2,1H3,(H,8,9)/t5-/m1/s1/i1D2. The van der Waals surface area contributed by atoms with Crippen molar-refractivity contribution in [1.82, 2.24) is 4.90 Å². The Hall–Kier alpha value is -0.730. The molecule has 0 aromatic carbocycles. The van der Waals surface area contributed by atoms with Gasteiger partial charge in [0.1, 0.15) is 0 Å². The van der Waals surface area contributed by atoms with Crippen LogP contribution in [0.15, 0.2) is 0 Å². The Kier molecular flexibility index (Phi) is 1.04. The Morgan fingerprint density at radius 2 is 2.78 bits per heavy atom. The second-order valence-electron chi connectivity index (χ2n) is 2.19.